The standard InChI is InChI=1S/C14H14BrF2NS/c1-8-3-6-13(19-8)9(2)18-7-10-12(16)5-4-11(15)14(10)17/h3-6,9,18H,7H2,1-2H3. The Labute approximate surface area is 123 Å². The number of nitrogens with one attached hydrogen (secondary N) is 1. The highest BCUT2D eigenvalue weighted by Crippen LogP contribution is 2.25. The topological polar surface area (TPSA) is 12.0 Å². The van der Waals surface area contributed by atoms with Crippen molar-refractivity contribution < 1.29 is 8.78 Å². The van der Waals surface area contributed by atoms with Gasteiger partial charge in [-0.2, -0.15) is 0 Å². The quantitative estimate of drug-likeness (QED) is 0.773. The summed E-state index contributed by atoms with van der Waals surface area (Å²) in [7, 11) is 0. The van der Waals surface area contributed by atoms with Gasteiger partial charge in [-0.25, -0.2) is 8.78 Å². The first-order valence-corrected chi connectivity index (χ1v) is 7.52. The normalized spacial score (nSPS) is 12.7. The first kappa shape index (κ1) is 14.6. The summed E-state index contributed by atoms with van der Waals surface area (Å²) in [5.74, 6) is -1.06. The van der Waals surface area contributed by atoms with E-state index in [0.717, 1.165) is 4.88 Å². The highest BCUT2D eigenvalue weighted by atomic mass is 79.9. The highest BCUT2D eigenvalue weighted by Gasteiger charge is 2.14. The molecule has 1 aromatic carbocycles. The van der Waals surface area contributed by atoms with Crippen LogP contribution in [-0.2, 0) is 6.54 Å². The Morgan fingerprint density at radius 1 is 1.26 bits per heavy atom. The van der Waals surface area contributed by atoms with Crippen LogP contribution in [0.1, 0.15) is 28.3 Å². The van der Waals surface area contributed by atoms with Gasteiger partial charge in [0.25, 0.3) is 0 Å². The van der Waals surface area contributed by atoms with E-state index in [1.807, 2.05) is 26.0 Å². The van der Waals surface area contributed by atoms with Crippen molar-refractivity contribution in [1.82, 2.24) is 5.32 Å². The zero-order valence-electron chi connectivity index (χ0n) is 10.6. The molecule has 0 aliphatic carbocycles. The van der Waals surface area contributed by atoms with Crippen molar-refractivity contribution >= 4 is 27.3 Å². The fourth-order valence-electron chi connectivity index (χ4n) is 1.77. The number of rotatable bonds is 4. The predicted molar refractivity (Wildman–Crippen MR) is 78.4 cm³/mol. The molecule has 1 heterocycles. The molecule has 1 unspecified atom stereocenters. The van der Waals surface area contributed by atoms with Crippen LogP contribution in [0.3, 0.4) is 0 Å². The van der Waals surface area contributed by atoms with E-state index >= 15 is 0 Å². The summed E-state index contributed by atoms with van der Waals surface area (Å²) in [4.78, 5) is 2.39. The molecule has 19 heavy (non-hydrogen) atoms. The van der Waals surface area contributed by atoms with E-state index < -0.39 is 11.6 Å². The minimum atomic E-state index is -0.540. The van der Waals surface area contributed by atoms with E-state index in [1.54, 1.807) is 11.3 Å². The van der Waals surface area contributed by atoms with Crippen molar-refractivity contribution in [1.29, 1.82) is 0 Å². The third-order valence-corrected chi connectivity index (χ3v) is 4.71. The maximum Gasteiger partial charge on any atom is 0.144 e. The summed E-state index contributed by atoms with van der Waals surface area (Å²) in [6, 6.07) is 6.78. The van der Waals surface area contributed by atoms with Crippen LogP contribution in [0, 0.1) is 18.6 Å². The Morgan fingerprint density at radius 3 is 2.63 bits per heavy atom. The van der Waals surface area contributed by atoms with E-state index in [0.29, 0.717) is 0 Å². The monoisotopic (exact) mass is 345 g/mol. The third-order valence-electron chi connectivity index (χ3n) is 2.91. The van der Waals surface area contributed by atoms with Crippen molar-refractivity contribution in [3.05, 3.63) is 55.7 Å². The van der Waals surface area contributed by atoms with Crippen LogP contribution < -0.4 is 5.32 Å². The van der Waals surface area contributed by atoms with Gasteiger partial charge in [0.2, 0.25) is 0 Å². The Bertz CT molecular complexity index is 583. The van der Waals surface area contributed by atoms with Crippen LogP contribution in [0.4, 0.5) is 8.78 Å². The summed E-state index contributed by atoms with van der Waals surface area (Å²) in [6.45, 7) is 4.18. The maximum atomic E-state index is 13.8. The molecule has 0 aliphatic heterocycles. The lowest BCUT2D eigenvalue weighted by Crippen LogP contribution is -2.19. The molecule has 0 saturated carbocycles. The molecule has 0 bridgehead atoms. The van der Waals surface area contributed by atoms with Crippen molar-refractivity contribution in [2.75, 3.05) is 0 Å². The molecule has 0 fully saturated rings. The number of thiophene rings is 1. The van der Waals surface area contributed by atoms with Gasteiger partial charge >= 0.3 is 0 Å². The lowest BCUT2D eigenvalue weighted by atomic mass is 10.2. The number of hydrogen-bond acceptors (Lipinski definition) is 2. The Hall–Kier alpha value is -0.780. The first-order valence-electron chi connectivity index (χ1n) is 5.91. The smallest absolute Gasteiger partial charge is 0.144 e. The second-order valence-electron chi connectivity index (χ2n) is 4.37. The number of hydrogen-bond donors (Lipinski definition) is 1. The van der Waals surface area contributed by atoms with Gasteiger partial charge in [0.05, 0.1) is 4.47 Å². The largest absolute Gasteiger partial charge is 0.305 e. The van der Waals surface area contributed by atoms with Crippen molar-refractivity contribution in [2.24, 2.45) is 0 Å². The predicted octanol–water partition coefficient (Wildman–Crippen LogP) is 4.95. The molecular weight excluding hydrogens is 332 g/mol. The van der Waals surface area contributed by atoms with Gasteiger partial charge in [-0.3, -0.25) is 0 Å². The van der Waals surface area contributed by atoms with Gasteiger partial charge in [-0.1, -0.05) is 0 Å². The molecule has 0 amide bonds. The molecular formula is C14H14BrF2NS. The number of aryl methyl sites for hydroxylation is 1. The van der Waals surface area contributed by atoms with E-state index in [9.17, 15) is 8.78 Å². The lowest BCUT2D eigenvalue weighted by Gasteiger charge is -2.13. The molecule has 102 valence electrons. The fourth-order valence-corrected chi connectivity index (χ4v) is 3.05. The molecule has 1 atom stereocenters. The van der Waals surface area contributed by atoms with Crippen LogP contribution >= 0.6 is 27.3 Å². The zero-order valence-corrected chi connectivity index (χ0v) is 13.0. The zero-order chi connectivity index (χ0) is 14.0. The minimum Gasteiger partial charge on any atom is -0.305 e. The Balaban J connectivity index is 2.09. The first-order chi connectivity index (χ1) is 8.99. The highest BCUT2D eigenvalue weighted by molar-refractivity contribution is 9.10. The fraction of sp³-hybridized carbons (Fsp3) is 0.286. The summed E-state index contributed by atoms with van der Waals surface area (Å²) in [6.07, 6.45) is 0. The van der Waals surface area contributed by atoms with Crippen molar-refractivity contribution in [3.63, 3.8) is 0 Å². The summed E-state index contributed by atoms with van der Waals surface area (Å²) in [5, 5.41) is 3.15. The van der Waals surface area contributed by atoms with E-state index in [-0.39, 0.29) is 22.6 Å². The van der Waals surface area contributed by atoms with Crippen LogP contribution in [0.5, 0.6) is 0 Å². The molecule has 0 saturated heterocycles. The van der Waals surface area contributed by atoms with Gasteiger partial charge in [0, 0.05) is 27.9 Å². The van der Waals surface area contributed by atoms with Crippen LogP contribution in [-0.4, -0.2) is 0 Å². The molecule has 2 aromatic rings. The average molecular weight is 346 g/mol. The molecule has 2 rings (SSSR count). The van der Waals surface area contributed by atoms with Crippen molar-refractivity contribution in [2.45, 2.75) is 26.4 Å². The third kappa shape index (κ3) is 3.41. The lowest BCUT2D eigenvalue weighted by molar-refractivity contribution is 0.509. The number of benzene rings is 1. The van der Waals surface area contributed by atoms with E-state index in [1.165, 1.54) is 17.0 Å². The summed E-state index contributed by atoms with van der Waals surface area (Å²) < 4.78 is 27.7. The van der Waals surface area contributed by atoms with Gasteiger partial charge in [-0.05, 0) is 54.0 Å². The van der Waals surface area contributed by atoms with Gasteiger partial charge in [0.15, 0.2) is 0 Å². The molecule has 1 aromatic heterocycles. The molecule has 0 aliphatic rings. The van der Waals surface area contributed by atoms with Gasteiger partial charge < -0.3 is 5.32 Å². The number of halogens is 3. The van der Waals surface area contributed by atoms with Crippen LogP contribution in [0.25, 0.3) is 0 Å². The maximum absolute atomic E-state index is 13.8. The van der Waals surface area contributed by atoms with E-state index in [2.05, 4.69) is 21.2 Å². The van der Waals surface area contributed by atoms with Crippen molar-refractivity contribution in [3.8, 4) is 0 Å². The molecule has 0 spiro atoms. The Kier molecular flexibility index (Phi) is 4.71. The second-order valence-corrected chi connectivity index (χ2v) is 6.55. The summed E-state index contributed by atoms with van der Waals surface area (Å²) >= 11 is 4.75. The Morgan fingerprint density at radius 2 is 2.00 bits per heavy atom. The average Bonchev–Trinajstić information content (AvgIpc) is 2.80. The SMILES string of the molecule is Cc1ccc(C(C)NCc2c(F)ccc(Br)c2F)s1. The van der Waals surface area contributed by atoms with Crippen LogP contribution in [0.15, 0.2) is 28.7 Å². The van der Waals surface area contributed by atoms with Gasteiger partial charge in [-0.15, -0.1) is 11.3 Å². The van der Waals surface area contributed by atoms with E-state index in [4.69, 9.17) is 0 Å². The molecule has 1 nitrogen and oxygen atoms in total. The molecule has 1 N–H and O–H groups in total. The molecule has 5 heteroatoms. The van der Waals surface area contributed by atoms with Crippen LogP contribution in [0.2, 0.25) is 0 Å². The minimum absolute atomic E-state index is 0.0644. The summed E-state index contributed by atoms with van der Waals surface area (Å²) in [5.41, 5.74) is 0.0644. The molecule has 0 radical (unpaired) electrons. The van der Waals surface area contributed by atoms with Gasteiger partial charge in [0.1, 0.15) is 11.6 Å². The second kappa shape index (κ2) is 6.11.